The lowest BCUT2D eigenvalue weighted by atomic mass is 10.3. The highest BCUT2D eigenvalue weighted by Crippen LogP contribution is 2.50. The molecule has 0 amide bonds. The van der Waals surface area contributed by atoms with Crippen molar-refractivity contribution < 1.29 is 55.6 Å². The lowest BCUT2D eigenvalue weighted by Crippen LogP contribution is -2.18. The van der Waals surface area contributed by atoms with E-state index < -0.39 is 15.2 Å². The third-order valence-corrected chi connectivity index (χ3v) is 11.4. The van der Waals surface area contributed by atoms with Crippen LogP contribution in [0, 0.1) is 0 Å². The van der Waals surface area contributed by atoms with Gasteiger partial charge in [-0.2, -0.15) is 0 Å². The fourth-order valence-electron chi connectivity index (χ4n) is 4.53. The van der Waals surface area contributed by atoms with Crippen LogP contribution in [0.3, 0.4) is 0 Å². The number of unbranched alkanes of at least 4 members (excludes halogenated alkanes) is 4. The summed E-state index contributed by atoms with van der Waals surface area (Å²) in [6.45, 7) is 11.5. The minimum Gasteiger partial charge on any atom is -0.487 e. The molecule has 0 atom stereocenters. The Bertz CT molecular complexity index is 1200. The quantitative estimate of drug-likeness (QED) is 0.109. The van der Waals surface area contributed by atoms with E-state index in [2.05, 4.69) is 0 Å². The lowest BCUT2D eigenvalue weighted by Gasteiger charge is -2.21. The minimum absolute atomic E-state index is 0.211. The van der Waals surface area contributed by atoms with Crippen molar-refractivity contribution in [2.75, 3.05) is 79.3 Å². The molecule has 3 rings (SSSR count). The monoisotopic (exact) mass is 744 g/mol. The highest BCUT2D eigenvalue weighted by atomic mass is 31.2. The molecular formula is C36H58O12P2. The van der Waals surface area contributed by atoms with Crippen molar-refractivity contribution in [1.29, 1.82) is 0 Å². The van der Waals surface area contributed by atoms with E-state index in [4.69, 9.17) is 46.5 Å². The summed E-state index contributed by atoms with van der Waals surface area (Å²) in [5, 5.41) is 0.824. The molecule has 0 aliphatic carbocycles. The average Bonchev–Trinajstić information content (AvgIpc) is 3.11. The van der Waals surface area contributed by atoms with Crippen molar-refractivity contribution in [1.82, 2.24) is 0 Å². The summed E-state index contributed by atoms with van der Waals surface area (Å²) in [5.74, 6) is 1.76. The average molecular weight is 745 g/mol. The number of hydrogen-bond donors (Lipinski definition) is 0. The SMILES string of the molecule is CCCCOP(=O)(OCCCC)c1ccc2c(c1)OCCOCCOc1ccc(P(=O)(OCCCC)OCCCC)cc1OCCOCCO2. The van der Waals surface area contributed by atoms with Crippen molar-refractivity contribution in [3.05, 3.63) is 36.4 Å². The van der Waals surface area contributed by atoms with Crippen LogP contribution in [-0.2, 0) is 36.7 Å². The third kappa shape index (κ3) is 14.5. The van der Waals surface area contributed by atoms with E-state index >= 15 is 0 Å². The van der Waals surface area contributed by atoms with Crippen LogP contribution in [0.25, 0.3) is 0 Å². The molecule has 50 heavy (non-hydrogen) atoms. The van der Waals surface area contributed by atoms with Crippen LogP contribution in [0.5, 0.6) is 23.0 Å². The molecule has 12 nitrogen and oxygen atoms in total. The molecule has 0 N–H and O–H groups in total. The van der Waals surface area contributed by atoms with Gasteiger partial charge >= 0.3 is 15.2 Å². The van der Waals surface area contributed by atoms with Crippen LogP contribution in [-0.4, -0.2) is 79.3 Å². The number of hydrogen-bond acceptors (Lipinski definition) is 12. The van der Waals surface area contributed by atoms with Crippen LogP contribution in [0.15, 0.2) is 36.4 Å². The predicted octanol–water partition coefficient (Wildman–Crippen LogP) is 7.85. The summed E-state index contributed by atoms with van der Waals surface area (Å²) in [5.41, 5.74) is 0. The molecule has 0 saturated carbocycles. The van der Waals surface area contributed by atoms with Gasteiger partial charge < -0.3 is 46.5 Å². The number of ether oxygens (including phenoxy) is 6. The summed E-state index contributed by atoms with van der Waals surface area (Å²) in [6, 6.07) is 10.2. The first-order valence-corrected chi connectivity index (χ1v) is 21.2. The Morgan fingerprint density at radius 1 is 0.460 bits per heavy atom. The van der Waals surface area contributed by atoms with Crippen molar-refractivity contribution in [3.8, 4) is 23.0 Å². The molecule has 0 radical (unpaired) electrons. The Balaban J connectivity index is 1.71. The van der Waals surface area contributed by atoms with Gasteiger partial charge in [-0.1, -0.05) is 53.4 Å². The van der Waals surface area contributed by atoms with Crippen molar-refractivity contribution >= 4 is 25.8 Å². The largest absolute Gasteiger partial charge is 0.487 e. The van der Waals surface area contributed by atoms with Gasteiger partial charge in [-0.3, -0.25) is 9.13 Å². The summed E-state index contributed by atoms with van der Waals surface area (Å²) in [4.78, 5) is 0. The zero-order chi connectivity index (χ0) is 35.9. The molecule has 0 saturated heterocycles. The van der Waals surface area contributed by atoms with Gasteiger partial charge in [0.1, 0.15) is 26.4 Å². The Kier molecular flexibility index (Phi) is 20.4. The smallest absolute Gasteiger partial charge is 0.361 e. The molecule has 1 aliphatic heterocycles. The van der Waals surface area contributed by atoms with Crippen molar-refractivity contribution in [3.63, 3.8) is 0 Å². The molecule has 0 bridgehead atoms. The molecule has 0 fully saturated rings. The second kappa shape index (κ2) is 24.2. The van der Waals surface area contributed by atoms with E-state index in [0.29, 0.717) is 60.0 Å². The molecule has 14 heteroatoms. The van der Waals surface area contributed by atoms with Crippen LogP contribution < -0.4 is 29.6 Å². The molecular weight excluding hydrogens is 686 g/mol. The molecule has 284 valence electrons. The van der Waals surface area contributed by atoms with Gasteiger partial charge in [-0.05, 0) is 62.1 Å². The molecule has 2 aromatic rings. The van der Waals surface area contributed by atoms with Crippen LogP contribution in [0.2, 0.25) is 0 Å². The third-order valence-electron chi connectivity index (χ3n) is 7.46. The van der Waals surface area contributed by atoms with Crippen LogP contribution in [0.4, 0.5) is 0 Å². The second-order valence-corrected chi connectivity index (χ2v) is 15.7. The summed E-state index contributed by atoms with van der Waals surface area (Å²) >= 11 is 0. The fraction of sp³-hybridized carbons (Fsp3) is 0.667. The molecule has 2 aromatic carbocycles. The van der Waals surface area contributed by atoms with Gasteiger partial charge in [0.25, 0.3) is 0 Å². The zero-order valence-corrected chi connectivity index (χ0v) is 32.2. The van der Waals surface area contributed by atoms with Gasteiger partial charge in [-0.15, -0.1) is 0 Å². The van der Waals surface area contributed by atoms with E-state index in [-0.39, 0.29) is 52.9 Å². The standard InChI is InChI=1S/C36H58O12P2/c1-5-9-17-45-49(37,46-18-10-6-2)31-13-15-33-35(29-31)43-27-23-39-22-26-42-34-16-14-32(30-36(34)44-28-24-40-21-25-41-33)50(38,47-19-11-7-3)48-20-12-8-4/h13-16,29-30H,5-12,17-28H2,1-4H3. The summed E-state index contributed by atoms with van der Waals surface area (Å²) < 4.78 is 86.8. The Morgan fingerprint density at radius 2 is 0.760 bits per heavy atom. The van der Waals surface area contributed by atoms with E-state index in [1.165, 1.54) is 0 Å². The molecule has 0 spiro atoms. The van der Waals surface area contributed by atoms with Crippen molar-refractivity contribution in [2.45, 2.75) is 79.1 Å². The van der Waals surface area contributed by atoms with Gasteiger partial charge in [0.2, 0.25) is 0 Å². The lowest BCUT2D eigenvalue weighted by molar-refractivity contribution is 0.0640. The van der Waals surface area contributed by atoms with Crippen molar-refractivity contribution in [2.24, 2.45) is 0 Å². The van der Waals surface area contributed by atoms with E-state index in [1.807, 2.05) is 27.7 Å². The van der Waals surface area contributed by atoms with Gasteiger partial charge in [0.05, 0.1) is 63.5 Å². The van der Waals surface area contributed by atoms with Gasteiger partial charge in [0.15, 0.2) is 23.0 Å². The fourth-order valence-corrected chi connectivity index (χ4v) is 7.82. The highest BCUT2D eigenvalue weighted by Gasteiger charge is 2.30. The summed E-state index contributed by atoms with van der Waals surface area (Å²) in [7, 11) is -7.15. The molecule has 1 heterocycles. The predicted molar refractivity (Wildman–Crippen MR) is 194 cm³/mol. The zero-order valence-electron chi connectivity index (χ0n) is 30.4. The maximum Gasteiger partial charge on any atom is 0.361 e. The van der Waals surface area contributed by atoms with E-state index in [0.717, 1.165) is 51.4 Å². The number of fused-ring (bicyclic) bond motifs is 2. The highest BCUT2D eigenvalue weighted by molar-refractivity contribution is 7.62. The Hall–Kier alpha value is -2.14. The number of benzene rings is 2. The number of rotatable bonds is 18. The maximum absolute atomic E-state index is 13.9. The molecule has 0 aromatic heterocycles. The first-order chi connectivity index (χ1) is 24.4. The Labute approximate surface area is 298 Å². The maximum atomic E-state index is 13.9. The molecule has 0 unspecified atom stereocenters. The van der Waals surface area contributed by atoms with Gasteiger partial charge in [0, 0.05) is 0 Å². The Morgan fingerprint density at radius 3 is 1.06 bits per heavy atom. The topological polar surface area (TPSA) is 126 Å². The normalized spacial score (nSPS) is 15.3. The first-order valence-electron chi connectivity index (χ1n) is 18.1. The van der Waals surface area contributed by atoms with Gasteiger partial charge in [-0.25, -0.2) is 0 Å². The first kappa shape index (κ1) is 42.3. The second-order valence-electron chi connectivity index (χ2n) is 11.6. The van der Waals surface area contributed by atoms with E-state index in [9.17, 15) is 9.13 Å². The van der Waals surface area contributed by atoms with Crippen LogP contribution >= 0.6 is 15.2 Å². The van der Waals surface area contributed by atoms with E-state index in [1.54, 1.807) is 36.4 Å². The molecule has 1 aliphatic rings. The summed E-state index contributed by atoms with van der Waals surface area (Å²) in [6.07, 6.45) is 6.74. The van der Waals surface area contributed by atoms with Crippen LogP contribution in [0.1, 0.15) is 79.1 Å². The minimum atomic E-state index is -3.57.